The van der Waals surface area contributed by atoms with Crippen molar-refractivity contribution in [3.63, 3.8) is 0 Å². The van der Waals surface area contributed by atoms with Crippen LogP contribution in [0.15, 0.2) is 146 Å². The van der Waals surface area contributed by atoms with Crippen molar-refractivity contribution < 1.29 is 9.59 Å². The fourth-order valence-corrected chi connectivity index (χ4v) is 6.80. The Balaban J connectivity index is 1.58. The van der Waals surface area contributed by atoms with Crippen molar-refractivity contribution in [2.75, 3.05) is 5.01 Å². The number of carbonyl (C=O) groups excluding carboxylic acids is 2. The molecule has 0 N–H and O–H groups in total. The number of benzene rings is 6. The lowest BCUT2D eigenvalue weighted by molar-refractivity contribution is 0.0888. The van der Waals surface area contributed by atoms with Gasteiger partial charge >= 0.3 is 0 Å². The Labute approximate surface area is 267 Å². The van der Waals surface area contributed by atoms with Crippen LogP contribution < -0.4 is 5.01 Å². The molecule has 4 nitrogen and oxygen atoms in total. The highest BCUT2D eigenvalue weighted by Gasteiger charge is 2.40. The first-order chi connectivity index (χ1) is 22.5. The zero-order valence-electron chi connectivity index (χ0n) is 25.6. The van der Waals surface area contributed by atoms with Crippen LogP contribution in [0.2, 0.25) is 0 Å². The van der Waals surface area contributed by atoms with E-state index in [4.69, 9.17) is 0 Å². The molecule has 0 saturated heterocycles. The standard InChI is InChI=1S/C42H30N2O2/c1-27-15-9-11-21-31(27)39-37-25-35(29-17-5-3-6-18-29)36(30-19-7-4-8-20-30)26-38(37)40(32-22-12-10-16-28(32)2)43(39)44-41(45)33-23-13-14-24-34(33)42(44)46/h3-26H,1-2H3. The van der Waals surface area contributed by atoms with Crippen molar-refractivity contribution in [2.45, 2.75) is 13.8 Å². The molecule has 220 valence electrons. The van der Waals surface area contributed by atoms with Gasteiger partial charge in [-0.15, -0.1) is 0 Å². The van der Waals surface area contributed by atoms with Crippen LogP contribution in [0.3, 0.4) is 0 Å². The number of aryl methyl sites for hydroxylation is 2. The lowest BCUT2D eigenvalue weighted by Crippen LogP contribution is -2.40. The molecule has 0 atom stereocenters. The molecule has 0 radical (unpaired) electrons. The summed E-state index contributed by atoms with van der Waals surface area (Å²) in [6.45, 7) is 4.15. The lowest BCUT2D eigenvalue weighted by atomic mass is 9.90. The minimum Gasteiger partial charge on any atom is -0.267 e. The number of fused-ring (bicyclic) bond motifs is 2. The molecule has 0 spiro atoms. The van der Waals surface area contributed by atoms with Gasteiger partial charge in [0.25, 0.3) is 11.8 Å². The number of hydrogen-bond acceptors (Lipinski definition) is 2. The Morgan fingerprint density at radius 3 is 1.13 bits per heavy atom. The third-order valence-electron chi connectivity index (χ3n) is 9.03. The number of hydrogen-bond donors (Lipinski definition) is 0. The number of carbonyl (C=O) groups is 2. The predicted octanol–water partition coefficient (Wildman–Crippen LogP) is 9.86. The summed E-state index contributed by atoms with van der Waals surface area (Å²) in [6, 6.07) is 48.7. The van der Waals surface area contributed by atoms with E-state index in [-0.39, 0.29) is 11.8 Å². The van der Waals surface area contributed by atoms with Gasteiger partial charge in [-0.25, -0.2) is 4.68 Å². The van der Waals surface area contributed by atoms with E-state index in [0.717, 1.165) is 66.7 Å². The molecule has 6 aromatic carbocycles. The molecule has 0 unspecified atom stereocenters. The fraction of sp³-hybridized carbons (Fsp3) is 0.0476. The van der Waals surface area contributed by atoms with Gasteiger partial charge in [0, 0.05) is 21.9 Å². The van der Waals surface area contributed by atoms with Crippen molar-refractivity contribution in [1.29, 1.82) is 0 Å². The Kier molecular flexibility index (Phi) is 6.50. The number of aromatic nitrogens is 1. The highest BCUT2D eigenvalue weighted by atomic mass is 16.2. The summed E-state index contributed by atoms with van der Waals surface area (Å²) in [5.74, 6) is -0.672. The van der Waals surface area contributed by atoms with Gasteiger partial charge in [-0.1, -0.05) is 121 Å². The maximum atomic E-state index is 14.3. The molecule has 1 aromatic heterocycles. The molecule has 1 aliphatic rings. The first-order valence-corrected chi connectivity index (χ1v) is 15.5. The van der Waals surface area contributed by atoms with E-state index < -0.39 is 0 Å². The molecule has 0 saturated carbocycles. The van der Waals surface area contributed by atoms with Crippen LogP contribution in [0.4, 0.5) is 0 Å². The Morgan fingerprint density at radius 2 is 0.739 bits per heavy atom. The Hall–Kier alpha value is -6.00. The monoisotopic (exact) mass is 594 g/mol. The van der Waals surface area contributed by atoms with Crippen LogP contribution in [0.1, 0.15) is 31.8 Å². The predicted molar refractivity (Wildman–Crippen MR) is 186 cm³/mol. The Morgan fingerprint density at radius 1 is 0.391 bits per heavy atom. The summed E-state index contributed by atoms with van der Waals surface area (Å²) in [6.07, 6.45) is 0. The molecule has 0 aliphatic carbocycles. The van der Waals surface area contributed by atoms with Crippen LogP contribution in [-0.4, -0.2) is 16.5 Å². The largest absolute Gasteiger partial charge is 0.281 e. The molecule has 4 heteroatoms. The van der Waals surface area contributed by atoms with E-state index in [1.165, 1.54) is 5.01 Å². The minimum absolute atomic E-state index is 0.336. The van der Waals surface area contributed by atoms with Gasteiger partial charge in [0.15, 0.2) is 0 Å². The van der Waals surface area contributed by atoms with E-state index in [1.807, 2.05) is 53.2 Å². The highest BCUT2D eigenvalue weighted by molar-refractivity contribution is 6.31. The van der Waals surface area contributed by atoms with Crippen LogP contribution in [-0.2, 0) is 0 Å². The van der Waals surface area contributed by atoms with Gasteiger partial charge in [-0.05, 0) is 71.5 Å². The summed E-state index contributed by atoms with van der Waals surface area (Å²) in [7, 11) is 0. The first-order valence-electron chi connectivity index (χ1n) is 15.5. The van der Waals surface area contributed by atoms with E-state index in [9.17, 15) is 9.59 Å². The van der Waals surface area contributed by atoms with Gasteiger partial charge in [0.2, 0.25) is 0 Å². The third-order valence-corrected chi connectivity index (χ3v) is 9.03. The molecule has 0 bridgehead atoms. The van der Waals surface area contributed by atoms with Gasteiger partial charge in [0.1, 0.15) is 0 Å². The topological polar surface area (TPSA) is 42.3 Å². The quantitative estimate of drug-likeness (QED) is 0.186. The average Bonchev–Trinajstić information content (AvgIpc) is 3.55. The van der Waals surface area contributed by atoms with Crippen LogP contribution in [0, 0.1) is 13.8 Å². The van der Waals surface area contributed by atoms with Gasteiger partial charge < -0.3 is 0 Å². The van der Waals surface area contributed by atoms with Gasteiger partial charge in [0.05, 0.1) is 22.5 Å². The fourth-order valence-electron chi connectivity index (χ4n) is 6.80. The number of rotatable bonds is 5. The highest BCUT2D eigenvalue weighted by Crippen LogP contribution is 2.47. The third kappa shape index (κ3) is 4.22. The summed E-state index contributed by atoms with van der Waals surface area (Å²) in [4.78, 5) is 28.6. The van der Waals surface area contributed by atoms with E-state index in [1.54, 1.807) is 12.1 Å². The second-order valence-corrected chi connectivity index (χ2v) is 11.8. The molecule has 2 amide bonds. The Bertz CT molecular complexity index is 2160. The molecule has 2 heterocycles. The SMILES string of the molecule is Cc1ccccc1-c1c2cc(-c3ccccc3)c(-c3ccccc3)cc2c(-c2ccccc2C)n1N1C(=O)c2ccccc2C1=O. The first kappa shape index (κ1) is 27.5. The number of imide groups is 1. The smallest absolute Gasteiger partial charge is 0.267 e. The summed E-state index contributed by atoms with van der Waals surface area (Å²) in [5.41, 5.74) is 10.7. The lowest BCUT2D eigenvalue weighted by Gasteiger charge is -2.23. The maximum absolute atomic E-state index is 14.3. The van der Waals surface area contributed by atoms with Gasteiger partial charge in [-0.2, -0.15) is 5.01 Å². The summed E-state index contributed by atoms with van der Waals surface area (Å²) in [5, 5.41) is 3.27. The number of nitrogens with zero attached hydrogens (tertiary/aromatic N) is 2. The zero-order valence-corrected chi connectivity index (χ0v) is 25.6. The van der Waals surface area contributed by atoms with Gasteiger partial charge in [-0.3, -0.25) is 9.59 Å². The normalized spacial score (nSPS) is 12.6. The second-order valence-electron chi connectivity index (χ2n) is 11.8. The zero-order chi connectivity index (χ0) is 31.4. The molecule has 0 fully saturated rings. The van der Waals surface area contributed by atoms with Crippen LogP contribution in [0.25, 0.3) is 55.5 Å². The molecular formula is C42H30N2O2. The van der Waals surface area contributed by atoms with Crippen molar-refractivity contribution in [2.24, 2.45) is 0 Å². The average molecular weight is 595 g/mol. The molecule has 1 aliphatic heterocycles. The van der Waals surface area contributed by atoms with E-state index in [0.29, 0.717) is 11.1 Å². The van der Waals surface area contributed by atoms with Crippen LogP contribution in [0.5, 0.6) is 0 Å². The van der Waals surface area contributed by atoms with Crippen molar-refractivity contribution >= 4 is 22.6 Å². The minimum atomic E-state index is -0.336. The second kappa shape index (κ2) is 10.9. The van der Waals surface area contributed by atoms with E-state index in [2.05, 4.69) is 98.8 Å². The molecule has 8 rings (SSSR count). The van der Waals surface area contributed by atoms with Crippen molar-refractivity contribution in [3.05, 3.63) is 168 Å². The van der Waals surface area contributed by atoms with Crippen molar-refractivity contribution in [3.8, 4) is 44.8 Å². The molecule has 46 heavy (non-hydrogen) atoms. The summed E-state index contributed by atoms with van der Waals surface area (Å²) >= 11 is 0. The van der Waals surface area contributed by atoms with E-state index >= 15 is 0 Å². The summed E-state index contributed by atoms with van der Waals surface area (Å²) < 4.78 is 1.89. The molecule has 7 aromatic rings. The maximum Gasteiger partial charge on any atom is 0.281 e. The van der Waals surface area contributed by atoms with Crippen LogP contribution >= 0.6 is 0 Å². The van der Waals surface area contributed by atoms with Crippen molar-refractivity contribution in [1.82, 2.24) is 4.68 Å². The molecular weight excluding hydrogens is 564 g/mol. The number of amides is 2.